The van der Waals surface area contributed by atoms with E-state index in [4.69, 9.17) is 0 Å². The number of benzene rings is 4. The molecule has 46 heavy (non-hydrogen) atoms. The largest absolute Gasteiger partial charge is 0.390 e. The van der Waals surface area contributed by atoms with Crippen molar-refractivity contribution in [2.45, 2.75) is 57.7 Å². The summed E-state index contributed by atoms with van der Waals surface area (Å²) in [7, 11) is 0. The Hall–Kier alpha value is -4.84. The smallest absolute Gasteiger partial charge is 0.373 e. The van der Waals surface area contributed by atoms with Gasteiger partial charge in [0, 0.05) is 29.0 Å². The number of hydrogen-bond acceptors (Lipinski definition) is 2. The molecule has 0 fully saturated rings. The van der Waals surface area contributed by atoms with E-state index in [1.165, 1.54) is 0 Å². The zero-order valence-electron chi connectivity index (χ0n) is 26.3. The summed E-state index contributed by atoms with van der Waals surface area (Å²) < 4.78 is 38.4. The summed E-state index contributed by atoms with van der Waals surface area (Å²) in [6.07, 6.45) is -2.11. The molecule has 2 nitrogen and oxygen atoms in total. The van der Waals surface area contributed by atoms with E-state index >= 15 is 0 Å². The fourth-order valence-electron chi connectivity index (χ4n) is 4.69. The van der Waals surface area contributed by atoms with Crippen LogP contribution in [-0.4, -0.2) is 17.1 Å². The van der Waals surface area contributed by atoms with Crippen molar-refractivity contribution in [2.75, 3.05) is 0 Å². The number of carbonyl (C=O) groups excluding carboxylic acids is 1. The molecule has 0 heterocycles. The first-order valence-corrected chi connectivity index (χ1v) is 15.2. The molecule has 0 aliphatic rings. The van der Waals surface area contributed by atoms with Crippen LogP contribution in [0.4, 0.5) is 13.2 Å². The van der Waals surface area contributed by atoms with Crippen molar-refractivity contribution in [3.63, 3.8) is 0 Å². The van der Waals surface area contributed by atoms with Crippen LogP contribution >= 0.6 is 0 Å². The predicted molar refractivity (Wildman–Crippen MR) is 180 cm³/mol. The quantitative estimate of drug-likeness (QED) is 0.115. The maximum Gasteiger partial charge on any atom is 0.390 e. The van der Waals surface area contributed by atoms with E-state index in [-0.39, 0.29) is 18.6 Å². The lowest BCUT2D eigenvalue weighted by molar-refractivity contribution is -0.140. The van der Waals surface area contributed by atoms with Crippen molar-refractivity contribution in [2.24, 2.45) is 5.92 Å². The zero-order valence-corrected chi connectivity index (χ0v) is 26.3. The monoisotopic (exact) mass is 620 g/mol. The lowest BCUT2D eigenvalue weighted by Gasteiger charge is -2.22. The second-order valence-corrected chi connectivity index (χ2v) is 11.2. The second-order valence-electron chi connectivity index (χ2n) is 11.2. The Morgan fingerprint density at radius 1 is 0.826 bits per heavy atom. The average Bonchev–Trinajstić information content (AvgIpc) is 3.04. The first-order chi connectivity index (χ1) is 22.0. The SMILES string of the molecule is C=CCCC(O)(C#Cc1cccc(C)c1)c1ccccc1.Cc1cccc(C#CC(CCC(=O)c2ccccc2)CC(F)(F)F)c1. The van der Waals surface area contributed by atoms with Crippen LogP contribution in [0.3, 0.4) is 0 Å². The van der Waals surface area contributed by atoms with Gasteiger partial charge < -0.3 is 5.11 Å². The van der Waals surface area contributed by atoms with Crippen molar-refractivity contribution in [3.05, 3.63) is 155 Å². The van der Waals surface area contributed by atoms with Gasteiger partial charge in [0.05, 0.1) is 6.42 Å². The Kier molecular flexibility index (Phi) is 13.6. The summed E-state index contributed by atoms with van der Waals surface area (Å²) in [5.41, 5.74) is 3.96. The molecular formula is C41H39F3O2. The van der Waals surface area contributed by atoms with Gasteiger partial charge in [-0.05, 0) is 74.1 Å². The average molecular weight is 621 g/mol. The number of alkyl halides is 3. The summed E-state index contributed by atoms with van der Waals surface area (Å²) in [5, 5.41) is 10.9. The number of Topliss-reactive ketones (excluding diaryl/α,β-unsaturated/α-hetero) is 1. The van der Waals surface area contributed by atoms with E-state index in [9.17, 15) is 23.1 Å². The Morgan fingerprint density at radius 2 is 1.39 bits per heavy atom. The maximum absolute atomic E-state index is 12.8. The first-order valence-electron chi connectivity index (χ1n) is 15.2. The van der Waals surface area contributed by atoms with Gasteiger partial charge in [-0.25, -0.2) is 0 Å². The third-order valence-electron chi connectivity index (χ3n) is 7.13. The molecule has 0 aromatic heterocycles. The molecule has 0 radical (unpaired) electrons. The van der Waals surface area contributed by atoms with Gasteiger partial charge in [0.25, 0.3) is 0 Å². The number of allylic oxidation sites excluding steroid dienone is 1. The van der Waals surface area contributed by atoms with Crippen LogP contribution in [0.25, 0.3) is 0 Å². The number of rotatable bonds is 9. The molecule has 0 aliphatic heterocycles. The molecule has 0 saturated heterocycles. The number of hydrogen-bond donors (Lipinski definition) is 1. The molecule has 5 heteroatoms. The molecule has 4 aromatic rings. The molecule has 0 saturated carbocycles. The van der Waals surface area contributed by atoms with Gasteiger partial charge in [0.2, 0.25) is 0 Å². The Labute approximate surface area is 271 Å². The number of carbonyl (C=O) groups is 1. The number of aliphatic hydroxyl groups is 1. The molecule has 0 spiro atoms. The third kappa shape index (κ3) is 12.6. The molecule has 236 valence electrons. The van der Waals surface area contributed by atoms with Crippen LogP contribution in [0.2, 0.25) is 0 Å². The molecule has 2 unspecified atom stereocenters. The number of halogens is 3. The maximum atomic E-state index is 12.8. The molecule has 0 aliphatic carbocycles. The summed E-state index contributed by atoms with van der Waals surface area (Å²) >= 11 is 0. The molecule has 4 rings (SSSR count). The van der Waals surface area contributed by atoms with Crippen molar-refractivity contribution >= 4 is 5.78 Å². The standard InChI is InChI=1S/C21H19F3O.C20H20O/c1-16-6-5-7-17(14-16)10-11-18(15-21(22,23)24)12-13-20(25)19-8-3-2-4-9-19;1-3-4-14-20(21,19-11-6-5-7-12-19)15-13-18-10-8-9-17(2)16-18/h2-9,14,18H,12-13,15H2,1H3;3,5-12,16,21H,1,4,14H2,2H3. The van der Waals surface area contributed by atoms with Crippen LogP contribution in [0.5, 0.6) is 0 Å². The van der Waals surface area contributed by atoms with E-state index in [0.717, 1.165) is 22.3 Å². The van der Waals surface area contributed by atoms with Gasteiger partial charge >= 0.3 is 6.18 Å². The van der Waals surface area contributed by atoms with Gasteiger partial charge in [0.15, 0.2) is 11.4 Å². The summed E-state index contributed by atoms with van der Waals surface area (Å²) in [5.74, 6) is 10.6. The molecular weight excluding hydrogens is 581 g/mol. The van der Waals surface area contributed by atoms with Crippen molar-refractivity contribution < 1.29 is 23.1 Å². The minimum atomic E-state index is -4.30. The van der Waals surface area contributed by atoms with Crippen LogP contribution in [0.1, 0.15) is 70.3 Å². The second kappa shape index (κ2) is 17.6. The third-order valence-corrected chi connectivity index (χ3v) is 7.13. The van der Waals surface area contributed by atoms with E-state index < -0.39 is 24.1 Å². The Balaban J connectivity index is 0.000000254. The minimum absolute atomic E-state index is 0.0489. The van der Waals surface area contributed by atoms with E-state index in [1.54, 1.807) is 36.4 Å². The summed E-state index contributed by atoms with van der Waals surface area (Å²) in [6.45, 7) is 7.66. The van der Waals surface area contributed by atoms with Gasteiger partial charge in [-0.3, -0.25) is 4.79 Å². The van der Waals surface area contributed by atoms with Gasteiger partial charge in [-0.1, -0.05) is 115 Å². The van der Waals surface area contributed by atoms with Crippen LogP contribution in [-0.2, 0) is 5.60 Å². The molecule has 4 aromatic carbocycles. The number of aryl methyl sites for hydroxylation is 2. The minimum Gasteiger partial charge on any atom is -0.373 e. The fraction of sp³-hybridized carbons (Fsp3) is 0.244. The zero-order chi connectivity index (χ0) is 33.4. The highest BCUT2D eigenvalue weighted by molar-refractivity contribution is 5.95. The lowest BCUT2D eigenvalue weighted by atomic mass is 9.89. The fourth-order valence-corrected chi connectivity index (χ4v) is 4.69. The van der Waals surface area contributed by atoms with Crippen molar-refractivity contribution in [3.8, 4) is 23.7 Å². The molecule has 0 amide bonds. The highest BCUT2D eigenvalue weighted by Gasteiger charge is 2.31. The normalized spacial score (nSPS) is 12.5. The lowest BCUT2D eigenvalue weighted by Crippen LogP contribution is -2.23. The van der Waals surface area contributed by atoms with Gasteiger partial charge in [-0.15, -0.1) is 6.58 Å². The van der Waals surface area contributed by atoms with E-state index in [1.807, 2.05) is 92.7 Å². The highest BCUT2D eigenvalue weighted by atomic mass is 19.4. The van der Waals surface area contributed by atoms with Crippen LogP contribution < -0.4 is 0 Å². The Bertz CT molecular complexity index is 1690. The van der Waals surface area contributed by atoms with E-state index in [2.05, 4.69) is 30.3 Å². The van der Waals surface area contributed by atoms with Gasteiger partial charge in [-0.2, -0.15) is 13.2 Å². The number of ketones is 1. The van der Waals surface area contributed by atoms with Crippen LogP contribution in [0, 0.1) is 43.4 Å². The molecule has 2 atom stereocenters. The predicted octanol–water partition coefficient (Wildman–Crippen LogP) is 9.78. The van der Waals surface area contributed by atoms with Gasteiger partial charge in [0.1, 0.15) is 0 Å². The summed E-state index contributed by atoms with van der Waals surface area (Å²) in [4.78, 5) is 12.1. The van der Waals surface area contributed by atoms with Crippen molar-refractivity contribution in [1.29, 1.82) is 0 Å². The highest BCUT2D eigenvalue weighted by Crippen LogP contribution is 2.28. The van der Waals surface area contributed by atoms with Crippen LogP contribution in [0.15, 0.2) is 122 Å². The summed E-state index contributed by atoms with van der Waals surface area (Å²) in [6, 6.07) is 33.5. The molecule has 1 N–H and O–H groups in total. The van der Waals surface area contributed by atoms with E-state index in [0.29, 0.717) is 24.0 Å². The molecule has 0 bridgehead atoms. The Morgan fingerprint density at radius 3 is 1.93 bits per heavy atom. The van der Waals surface area contributed by atoms with Crippen molar-refractivity contribution in [1.82, 2.24) is 0 Å². The first kappa shape index (κ1) is 35.6. The topological polar surface area (TPSA) is 37.3 Å².